The van der Waals surface area contributed by atoms with Crippen molar-refractivity contribution in [1.82, 2.24) is 0 Å². The van der Waals surface area contributed by atoms with Crippen LogP contribution in [0.4, 0.5) is 10.1 Å². The van der Waals surface area contributed by atoms with Gasteiger partial charge in [0.05, 0.1) is 23.3 Å². The molecule has 1 saturated heterocycles. The van der Waals surface area contributed by atoms with E-state index in [1.54, 1.807) is 0 Å². The lowest BCUT2D eigenvalue weighted by molar-refractivity contribution is -0.121. The molecule has 0 saturated carbocycles. The van der Waals surface area contributed by atoms with Crippen LogP contribution in [-0.4, -0.2) is 29.7 Å². The summed E-state index contributed by atoms with van der Waals surface area (Å²) in [6.45, 7) is 2.34. The molecule has 1 aromatic rings. The van der Waals surface area contributed by atoms with Crippen LogP contribution >= 0.6 is 0 Å². The smallest absolute Gasteiger partial charge is 0.230 e. The highest BCUT2D eigenvalue weighted by Gasteiger charge is 2.31. The first kappa shape index (κ1) is 14.3. The van der Waals surface area contributed by atoms with Crippen LogP contribution < -0.4 is 11.1 Å². The fourth-order valence-corrected chi connectivity index (χ4v) is 2.24. The molecule has 20 heavy (non-hydrogen) atoms. The third-order valence-corrected chi connectivity index (χ3v) is 3.35. The predicted molar refractivity (Wildman–Crippen MR) is 71.1 cm³/mol. The molecular formula is C13H16FN3O3. The number of amides is 1. The molecule has 6 nitrogen and oxygen atoms in total. The first-order valence-corrected chi connectivity index (χ1v) is 6.23. The van der Waals surface area contributed by atoms with E-state index in [-0.39, 0.29) is 29.2 Å². The van der Waals surface area contributed by atoms with E-state index in [1.165, 1.54) is 18.2 Å². The Morgan fingerprint density at radius 1 is 1.60 bits per heavy atom. The highest BCUT2D eigenvalue weighted by molar-refractivity contribution is 6.06. The number of halogens is 1. The zero-order valence-electron chi connectivity index (χ0n) is 11.0. The summed E-state index contributed by atoms with van der Waals surface area (Å²) in [7, 11) is 0. The van der Waals surface area contributed by atoms with Gasteiger partial charge in [0.1, 0.15) is 5.82 Å². The van der Waals surface area contributed by atoms with E-state index in [0.29, 0.717) is 13.0 Å². The van der Waals surface area contributed by atoms with E-state index in [4.69, 9.17) is 15.7 Å². The van der Waals surface area contributed by atoms with Crippen molar-refractivity contribution in [3.8, 4) is 0 Å². The van der Waals surface area contributed by atoms with Crippen molar-refractivity contribution in [2.24, 2.45) is 16.8 Å². The van der Waals surface area contributed by atoms with Crippen LogP contribution in [-0.2, 0) is 9.53 Å². The third kappa shape index (κ3) is 2.72. The lowest BCUT2D eigenvalue weighted by Gasteiger charge is -2.16. The zero-order valence-corrected chi connectivity index (χ0v) is 11.0. The normalized spacial score (nSPS) is 22.8. The van der Waals surface area contributed by atoms with Crippen LogP contribution in [0.5, 0.6) is 0 Å². The molecule has 2 atom stereocenters. The minimum Gasteiger partial charge on any atom is -0.409 e. The monoisotopic (exact) mass is 281 g/mol. The van der Waals surface area contributed by atoms with Crippen LogP contribution in [0.25, 0.3) is 0 Å². The average Bonchev–Trinajstić information content (AvgIpc) is 2.84. The summed E-state index contributed by atoms with van der Waals surface area (Å²) in [5.41, 5.74) is 5.48. The number of nitrogens with two attached hydrogens (primary N) is 1. The van der Waals surface area contributed by atoms with Gasteiger partial charge in [-0.15, -0.1) is 0 Å². The molecule has 1 fully saturated rings. The first-order valence-electron chi connectivity index (χ1n) is 6.23. The molecule has 108 valence electrons. The Bertz CT molecular complexity index is 548. The molecule has 0 bridgehead atoms. The fraction of sp³-hybridized carbons (Fsp3) is 0.385. The van der Waals surface area contributed by atoms with Crippen molar-refractivity contribution in [3.05, 3.63) is 29.6 Å². The molecular weight excluding hydrogens is 265 g/mol. The molecule has 0 aliphatic carbocycles. The number of nitrogens with one attached hydrogen (secondary N) is 1. The summed E-state index contributed by atoms with van der Waals surface area (Å²) in [6.07, 6.45) is 0.428. The molecule has 1 aliphatic heterocycles. The topological polar surface area (TPSA) is 96.9 Å². The number of amidine groups is 1. The Labute approximate surface area is 115 Å². The van der Waals surface area contributed by atoms with E-state index in [9.17, 15) is 9.18 Å². The molecule has 2 unspecified atom stereocenters. The van der Waals surface area contributed by atoms with Crippen molar-refractivity contribution in [1.29, 1.82) is 0 Å². The standard InChI is InChI=1S/C13H16FN3O3/c1-7-8(5-6-20-7)13(18)16-10-4-2-3-9(14)11(10)12(15)17-19/h2-4,7-8,19H,5-6H2,1H3,(H2,15,17)(H,16,18). The van der Waals surface area contributed by atoms with Crippen LogP contribution in [0.1, 0.15) is 18.9 Å². The number of benzene rings is 1. The number of carbonyl (C=O) groups excluding carboxylic acids is 1. The maximum Gasteiger partial charge on any atom is 0.230 e. The van der Waals surface area contributed by atoms with Crippen LogP contribution in [0.2, 0.25) is 0 Å². The molecule has 7 heteroatoms. The molecule has 2 rings (SSSR count). The lowest BCUT2D eigenvalue weighted by Crippen LogP contribution is -2.29. The van der Waals surface area contributed by atoms with Crippen LogP contribution in [0.15, 0.2) is 23.4 Å². The SMILES string of the molecule is CC1OCCC1C(=O)Nc1cccc(F)c1C(N)=NO. The maximum atomic E-state index is 13.7. The molecule has 0 radical (unpaired) electrons. The van der Waals surface area contributed by atoms with Crippen molar-refractivity contribution in [3.63, 3.8) is 0 Å². The van der Waals surface area contributed by atoms with Crippen LogP contribution in [0, 0.1) is 11.7 Å². The van der Waals surface area contributed by atoms with Gasteiger partial charge in [-0.3, -0.25) is 4.79 Å². The number of ether oxygens (including phenoxy) is 1. The second-order valence-electron chi connectivity index (χ2n) is 4.61. The van der Waals surface area contributed by atoms with Crippen molar-refractivity contribution < 1.29 is 19.1 Å². The average molecular weight is 281 g/mol. The van der Waals surface area contributed by atoms with Gasteiger partial charge in [-0.1, -0.05) is 11.2 Å². The van der Waals surface area contributed by atoms with Gasteiger partial charge in [0.2, 0.25) is 5.91 Å². The lowest BCUT2D eigenvalue weighted by atomic mass is 10.0. The van der Waals surface area contributed by atoms with Gasteiger partial charge >= 0.3 is 0 Å². The quantitative estimate of drug-likeness (QED) is 0.336. The molecule has 1 heterocycles. The Hall–Kier alpha value is -2.15. The van der Waals surface area contributed by atoms with Gasteiger partial charge in [0, 0.05) is 6.61 Å². The van der Waals surface area contributed by atoms with E-state index < -0.39 is 11.7 Å². The summed E-state index contributed by atoms with van der Waals surface area (Å²) < 4.78 is 19.1. The Morgan fingerprint density at radius 2 is 2.35 bits per heavy atom. The molecule has 1 aliphatic rings. The van der Waals surface area contributed by atoms with E-state index in [0.717, 1.165) is 0 Å². The molecule has 1 amide bonds. The summed E-state index contributed by atoms with van der Waals surface area (Å²) >= 11 is 0. The number of nitrogens with zero attached hydrogens (tertiary/aromatic N) is 1. The van der Waals surface area contributed by atoms with Gasteiger partial charge in [0.25, 0.3) is 0 Å². The van der Waals surface area contributed by atoms with Crippen molar-refractivity contribution in [2.45, 2.75) is 19.4 Å². The van der Waals surface area contributed by atoms with E-state index in [2.05, 4.69) is 10.5 Å². The number of anilines is 1. The summed E-state index contributed by atoms with van der Waals surface area (Å²) in [4.78, 5) is 12.1. The zero-order chi connectivity index (χ0) is 14.7. The van der Waals surface area contributed by atoms with Crippen LogP contribution in [0.3, 0.4) is 0 Å². The number of oxime groups is 1. The number of hydrogen-bond donors (Lipinski definition) is 3. The van der Waals surface area contributed by atoms with Gasteiger partial charge in [-0.25, -0.2) is 4.39 Å². The second-order valence-corrected chi connectivity index (χ2v) is 4.61. The maximum absolute atomic E-state index is 13.7. The molecule has 4 N–H and O–H groups in total. The Balaban J connectivity index is 2.25. The van der Waals surface area contributed by atoms with Gasteiger partial charge in [0.15, 0.2) is 5.84 Å². The van der Waals surface area contributed by atoms with Crippen molar-refractivity contribution in [2.75, 3.05) is 11.9 Å². The minimum atomic E-state index is -0.672. The number of rotatable bonds is 3. The molecule has 0 spiro atoms. The van der Waals surface area contributed by atoms with Gasteiger partial charge in [-0.05, 0) is 25.5 Å². The summed E-state index contributed by atoms with van der Waals surface area (Å²) in [5.74, 6) is -1.63. The molecule has 1 aromatic carbocycles. The Kier molecular flexibility index (Phi) is 4.19. The summed E-state index contributed by atoms with van der Waals surface area (Å²) in [5, 5.41) is 14.1. The van der Waals surface area contributed by atoms with E-state index >= 15 is 0 Å². The van der Waals surface area contributed by atoms with Gasteiger partial charge < -0.3 is 21.0 Å². The van der Waals surface area contributed by atoms with Crippen molar-refractivity contribution >= 4 is 17.4 Å². The fourth-order valence-electron chi connectivity index (χ4n) is 2.24. The number of carbonyl (C=O) groups is 1. The predicted octanol–water partition coefficient (Wildman–Crippen LogP) is 1.28. The summed E-state index contributed by atoms with van der Waals surface area (Å²) in [6, 6.07) is 4.10. The molecule has 0 aromatic heterocycles. The third-order valence-electron chi connectivity index (χ3n) is 3.35. The largest absolute Gasteiger partial charge is 0.409 e. The highest BCUT2D eigenvalue weighted by Crippen LogP contribution is 2.24. The first-order chi connectivity index (χ1) is 9.54. The Morgan fingerprint density at radius 3 is 2.95 bits per heavy atom. The van der Waals surface area contributed by atoms with E-state index in [1.807, 2.05) is 6.92 Å². The number of hydrogen-bond acceptors (Lipinski definition) is 4. The second kappa shape index (κ2) is 5.87. The highest BCUT2D eigenvalue weighted by atomic mass is 19.1. The minimum absolute atomic E-state index is 0.130. The van der Waals surface area contributed by atoms with Gasteiger partial charge in [-0.2, -0.15) is 0 Å².